The molecule has 108 valence electrons. The van der Waals surface area contributed by atoms with Gasteiger partial charge in [-0.3, -0.25) is 4.79 Å². The highest BCUT2D eigenvalue weighted by Gasteiger charge is 2.32. The third-order valence-corrected chi connectivity index (χ3v) is 3.62. The van der Waals surface area contributed by atoms with Crippen LogP contribution in [0, 0.1) is 13.8 Å². The third kappa shape index (κ3) is 3.80. The van der Waals surface area contributed by atoms with Crippen LogP contribution in [0.4, 0.5) is 0 Å². The fourth-order valence-electron chi connectivity index (χ4n) is 2.25. The molecule has 0 bridgehead atoms. The van der Waals surface area contributed by atoms with E-state index in [1.807, 2.05) is 27.1 Å². The molecule has 1 N–H and O–H groups in total. The van der Waals surface area contributed by atoms with Crippen molar-refractivity contribution in [2.75, 3.05) is 13.7 Å². The molecule has 0 saturated heterocycles. The highest BCUT2D eigenvalue weighted by atomic mass is 16.5. The van der Waals surface area contributed by atoms with Gasteiger partial charge in [0, 0.05) is 12.2 Å². The van der Waals surface area contributed by atoms with Gasteiger partial charge in [0.15, 0.2) is 0 Å². The Morgan fingerprint density at radius 1 is 1.53 bits per heavy atom. The van der Waals surface area contributed by atoms with E-state index in [4.69, 9.17) is 4.74 Å². The first-order valence-electron chi connectivity index (χ1n) is 6.76. The van der Waals surface area contributed by atoms with E-state index in [0.717, 1.165) is 31.6 Å². The molecule has 1 aromatic rings. The summed E-state index contributed by atoms with van der Waals surface area (Å²) in [4.78, 5) is 16.1. The largest absolute Gasteiger partial charge is 0.468 e. The molecule has 0 aliphatic carbocycles. The number of hydrogen-bond donors (Lipinski definition) is 1. The van der Waals surface area contributed by atoms with E-state index < -0.39 is 5.54 Å². The zero-order chi connectivity index (χ0) is 14.5. The van der Waals surface area contributed by atoms with Gasteiger partial charge in [-0.15, -0.1) is 0 Å². The molecule has 0 aromatic carbocycles. The molecular weight excluding hydrogens is 242 g/mol. The van der Waals surface area contributed by atoms with Gasteiger partial charge in [0.1, 0.15) is 5.54 Å². The predicted octanol–water partition coefficient (Wildman–Crippen LogP) is 1.82. The number of hydrogen-bond acceptors (Lipinski definition) is 4. The number of rotatable bonds is 7. The van der Waals surface area contributed by atoms with Crippen LogP contribution < -0.4 is 5.32 Å². The Kier molecular flexibility index (Phi) is 5.54. The molecule has 5 nitrogen and oxygen atoms in total. The normalized spacial score (nSPS) is 14.2. The number of carbonyl (C=O) groups excluding carboxylic acids is 1. The number of likely N-dealkylation sites (N-methyl/N-ethyl adjacent to an activating group) is 1. The van der Waals surface area contributed by atoms with Crippen LogP contribution in [0.5, 0.6) is 0 Å². The van der Waals surface area contributed by atoms with Gasteiger partial charge in [-0.2, -0.15) is 0 Å². The van der Waals surface area contributed by atoms with Crippen molar-refractivity contribution < 1.29 is 9.53 Å². The molecule has 0 amide bonds. The predicted molar refractivity (Wildman–Crippen MR) is 75.0 cm³/mol. The smallest absolute Gasteiger partial charge is 0.325 e. The van der Waals surface area contributed by atoms with Gasteiger partial charge in [0.05, 0.1) is 19.1 Å². The molecule has 0 radical (unpaired) electrons. The van der Waals surface area contributed by atoms with Crippen molar-refractivity contribution in [3.05, 3.63) is 17.7 Å². The van der Waals surface area contributed by atoms with Gasteiger partial charge in [-0.25, -0.2) is 4.98 Å². The van der Waals surface area contributed by atoms with Crippen molar-refractivity contribution in [2.24, 2.45) is 0 Å². The van der Waals surface area contributed by atoms with E-state index in [9.17, 15) is 4.79 Å². The highest BCUT2D eigenvalue weighted by molar-refractivity contribution is 5.80. The average Bonchev–Trinajstić information content (AvgIpc) is 2.70. The summed E-state index contributed by atoms with van der Waals surface area (Å²) < 4.78 is 7.00. The van der Waals surface area contributed by atoms with Gasteiger partial charge in [0.2, 0.25) is 0 Å². The summed E-state index contributed by atoms with van der Waals surface area (Å²) >= 11 is 0. The van der Waals surface area contributed by atoms with Gasteiger partial charge in [-0.1, -0.05) is 6.92 Å². The molecule has 1 aromatic heterocycles. The second-order valence-corrected chi connectivity index (χ2v) is 5.07. The molecule has 1 rings (SSSR count). The molecule has 0 saturated carbocycles. The maximum absolute atomic E-state index is 11.8. The molecule has 0 fully saturated rings. The Balaban J connectivity index is 2.58. The molecule has 0 aliphatic heterocycles. The number of ether oxygens (including phenoxy) is 1. The Morgan fingerprint density at radius 3 is 2.68 bits per heavy atom. The van der Waals surface area contributed by atoms with Crippen LogP contribution in [0.3, 0.4) is 0 Å². The van der Waals surface area contributed by atoms with Crippen LogP contribution in [0.15, 0.2) is 6.33 Å². The summed E-state index contributed by atoms with van der Waals surface area (Å²) in [6.07, 6.45) is 3.49. The van der Waals surface area contributed by atoms with E-state index in [2.05, 4.69) is 21.8 Å². The van der Waals surface area contributed by atoms with Gasteiger partial charge in [0.25, 0.3) is 0 Å². The topological polar surface area (TPSA) is 56.2 Å². The number of nitrogens with zero attached hydrogens (tertiary/aromatic N) is 2. The SMILES string of the molecule is CCNC(C)(CCCn1cnc(C)c1C)C(=O)OC. The highest BCUT2D eigenvalue weighted by Crippen LogP contribution is 2.16. The number of aryl methyl sites for hydroxylation is 2. The Bertz CT molecular complexity index is 428. The molecule has 1 heterocycles. The van der Waals surface area contributed by atoms with Crippen molar-refractivity contribution in [2.45, 2.75) is 52.6 Å². The first kappa shape index (κ1) is 15.7. The number of nitrogens with one attached hydrogen (secondary N) is 1. The molecule has 0 aliphatic rings. The minimum absolute atomic E-state index is 0.201. The molecule has 1 atom stereocenters. The maximum Gasteiger partial charge on any atom is 0.325 e. The monoisotopic (exact) mass is 267 g/mol. The van der Waals surface area contributed by atoms with Crippen LogP contribution in [-0.4, -0.2) is 34.7 Å². The standard InChI is InChI=1S/C14H25N3O2/c1-6-16-14(4,13(18)19-5)8-7-9-17-10-15-11(2)12(17)3/h10,16H,6-9H2,1-5H3. The van der Waals surface area contributed by atoms with Crippen LogP contribution >= 0.6 is 0 Å². The first-order chi connectivity index (χ1) is 8.94. The quantitative estimate of drug-likeness (QED) is 0.766. The number of imidazole rings is 1. The Labute approximate surface area is 115 Å². The maximum atomic E-state index is 11.8. The third-order valence-electron chi connectivity index (χ3n) is 3.62. The zero-order valence-electron chi connectivity index (χ0n) is 12.6. The van der Waals surface area contributed by atoms with Crippen molar-refractivity contribution in [3.63, 3.8) is 0 Å². The zero-order valence-corrected chi connectivity index (χ0v) is 12.6. The lowest BCUT2D eigenvalue weighted by molar-refractivity contribution is -0.148. The lowest BCUT2D eigenvalue weighted by atomic mass is 9.95. The Morgan fingerprint density at radius 2 is 2.21 bits per heavy atom. The second kappa shape index (κ2) is 6.70. The number of esters is 1. The van der Waals surface area contributed by atoms with E-state index in [1.165, 1.54) is 12.8 Å². The fraction of sp³-hybridized carbons (Fsp3) is 0.714. The lowest BCUT2D eigenvalue weighted by Gasteiger charge is -2.27. The number of carbonyl (C=O) groups is 1. The Hall–Kier alpha value is -1.36. The average molecular weight is 267 g/mol. The second-order valence-electron chi connectivity index (χ2n) is 5.07. The number of methoxy groups -OCH3 is 1. The van der Waals surface area contributed by atoms with E-state index >= 15 is 0 Å². The van der Waals surface area contributed by atoms with E-state index in [1.54, 1.807) is 0 Å². The molecule has 19 heavy (non-hydrogen) atoms. The summed E-state index contributed by atoms with van der Waals surface area (Å²) in [6.45, 7) is 9.56. The van der Waals surface area contributed by atoms with Crippen LogP contribution in [0.2, 0.25) is 0 Å². The first-order valence-corrected chi connectivity index (χ1v) is 6.76. The minimum Gasteiger partial charge on any atom is -0.468 e. The van der Waals surface area contributed by atoms with Crippen molar-refractivity contribution in [1.29, 1.82) is 0 Å². The fourth-order valence-corrected chi connectivity index (χ4v) is 2.25. The van der Waals surface area contributed by atoms with Crippen LogP contribution in [0.25, 0.3) is 0 Å². The van der Waals surface area contributed by atoms with Gasteiger partial charge in [-0.05, 0) is 40.2 Å². The van der Waals surface area contributed by atoms with Gasteiger partial charge >= 0.3 is 5.97 Å². The lowest BCUT2D eigenvalue weighted by Crippen LogP contribution is -2.50. The minimum atomic E-state index is -0.604. The summed E-state index contributed by atoms with van der Waals surface area (Å²) in [5, 5.41) is 3.22. The van der Waals surface area contributed by atoms with Crippen molar-refractivity contribution in [1.82, 2.24) is 14.9 Å². The van der Waals surface area contributed by atoms with Crippen molar-refractivity contribution in [3.8, 4) is 0 Å². The molecule has 0 spiro atoms. The van der Waals surface area contributed by atoms with Crippen molar-refractivity contribution >= 4 is 5.97 Å². The summed E-state index contributed by atoms with van der Waals surface area (Å²) in [5.41, 5.74) is 1.64. The summed E-state index contributed by atoms with van der Waals surface area (Å²) in [5.74, 6) is -0.201. The van der Waals surface area contributed by atoms with Crippen LogP contribution in [-0.2, 0) is 16.1 Å². The molecule has 5 heteroatoms. The van der Waals surface area contributed by atoms with E-state index in [-0.39, 0.29) is 5.97 Å². The van der Waals surface area contributed by atoms with Crippen LogP contribution in [0.1, 0.15) is 38.1 Å². The number of aromatic nitrogens is 2. The van der Waals surface area contributed by atoms with E-state index in [0.29, 0.717) is 0 Å². The molecular formula is C14H25N3O2. The van der Waals surface area contributed by atoms with Gasteiger partial charge < -0.3 is 14.6 Å². The summed E-state index contributed by atoms with van der Waals surface area (Å²) in [6, 6.07) is 0. The molecule has 1 unspecified atom stereocenters. The summed E-state index contributed by atoms with van der Waals surface area (Å²) in [7, 11) is 1.43.